The van der Waals surface area contributed by atoms with E-state index in [1.165, 1.54) is 18.4 Å². The first-order chi connectivity index (χ1) is 9.90. The summed E-state index contributed by atoms with van der Waals surface area (Å²) in [5.74, 6) is 1.79. The fraction of sp³-hybridized carbons (Fsp3) is 0.529. The molecule has 3 nitrogen and oxygen atoms in total. The van der Waals surface area contributed by atoms with Crippen LogP contribution in [0.2, 0.25) is 0 Å². The van der Waals surface area contributed by atoms with Crippen molar-refractivity contribution in [3.63, 3.8) is 0 Å². The molecule has 3 heteroatoms. The van der Waals surface area contributed by atoms with Gasteiger partial charge in [0.2, 0.25) is 0 Å². The summed E-state index contributed by atoms with van der Waals surface area (Å²) in [6.07, 6.45) is 5.54. The van der Waals surface area contributed by atoms with Crippen LogP contribution in [0, 0.1) is 5.92 Å². The van der Waals surface area contributed by atoms with Crippen molar-refractivity contribution in [1.82, 2.24) is 5.32 Å². The largest absolute Gasteiger partial charge is 0.489 e. The van der Waals surface area contributed by atoms with Gasteiger partial charge in [0, 0.05) is 25.3 Å². The van der Waals surface area contributed by atoms with Gasteiger partial charge < -0.3 is 14.8 Å². The molecule has 1 aliphatic rings. The third-order valence-electron chi connectivity index (χ3n) is 3.34. The molecule has 0 aromatic heterocycles. The number of para-hydroxylation sites is 1. The van der Waals surface area contributed by atoms with E-state index in [1.54, 1.807) is 6.08 Å². The fourth-order valence-corrected chi connectivity index (χ4v) is 2.00. The Bertz CT molecular complexity index is 402. The van der Waals surface area contributed by atoms with Gasteiger partial charge in [-0.15, -0.1) is 0 Å². The predicted molar refractivity (Wildman–Crippen MR) is 82.0 cm³/mol. The average molecular weight is 275 g/mol. The molecule has 0 saturated heterocycles. The number of hydrogen-bond acceptors (Lipinski definition) is 3. The minimum Gasteiger partial charge on any atom is -0.489 e. The van der Waals surface area contributed by atoms with Gasteiger partial charge in [-0.1, -0.05) is 30.9 Å². The highest BCUT2D eigenvalue weighted by Gasteiger charge is 2.20. The molecule has 110 valence electrons. The lowest BCUT2D eigenvalue weighted by Gasteiger charge is -2.11. The second-order valence-electron chi connectivity index (χ2n) is 5.26. The zero-order valence-corrected chi connectivity index (χ0v) is 12.1. The minimum atomic E-state index is 0.548. The molecule has 2 rings (SSSR count). The summed E-state index contributed by atoms with van der Waals surface area (Å²) in [5, 5.41) is 3.44. The van der Waals surface area contributed by atoms with Crippen LogP contribution in [0.1, 0.15) is 24.8 Å². The van der Waals surface area contributed by atoms with E-state index in [2.05, 4.69) is 18.0 Å². The van der Waals surface area contributed by atoms with Crippen LogP contribution in [0.4, 0.5) is 0 Å². The van der Waals surface area contributed by atoms with Crippen LogP contribution in [0.15, 0.2) is 36.9 Å². The normalized spacial score (nSPS) is 14.2. The summed E-state index contributed by atoms with van der Waals surface area (Å²) in [6, 6.07) is 8.12. The molecule has 1 fully saturated rings. The molecule has 0 bridgehead atoms. The van der Waals surface area contributed by atoms with Crippen LogP contribution in [0.3, 0.4) is 0 Å². The van der Waals surface area contributed by atoms with Crippen molar-refractivity contribution in [2.75, 3.05) is 26.4 Å². The molecule has 0 aliphatic heterocycles. The molecule has 0 spiro atoms. The summed E-state index contributed by atoms with van der Waals surface area (Å²) >= 11 is 0. The van der Waals surface area contributed by atoms with Gasteiger partial charge in [0.1, 0.15) is 12.4 Å². The van der Waals surface area contributed by atoms with Crippen molar-refractivity contribution in [2.45, 2.75) is 25.8 Å². The van der Waals surface area contributed by atoms with Gasteiger partial charge >= 0.3 is 0 Å². The highest BCUT2D eigenvalue weighted by atomic mass is 16.5. The Morgan fingerprint density at radius 3 is 2.95 bits per heavy atom. The van der Waals surface area contributed by atoms with E-state index >= 15 is 0 Å². The molecule has 1 saturated carbocycles. The molecule has 20 heavy (non-hydrogen) atoms. The molecular weight excluding hydrogens is 250 g/mol. The topological polar surface area (TPSA) is 30.5 Å². The lowest BCUT2D eigenvalue weighted by Crippen LogP contribution is -2.17. The van der Waals surface area contributed by atoms with Crippen LogP contribution in [-0.4, -0.2) is 26.4 Å². The molecule has 1 aromatic rings. The van der Waals surface area contributed by atoms with E-state index in [4.69, 9.17) is 9.47 Å². The summed E-state index contributed by atoms with van der Waals surface area (Å²) < 4.78 is 11.2. The molecule has 1 N–H and O–H groups in total. The Hall–Kier alpha value is -1.32. The maximum Gasteiger partial charge on any atom is 0.124 e. The van der Waals surface area contributed by atoms with Crippen LogP contribution in [0.25, 0.3) is 0 Å². The predicted octanol–water partition coefficient (Wildman–Crippen LogP) is 3.16. The van der Waals surface area contributed by atoms with Gasteiger partial charge in [0.25, 0.3) is 0 Å². The summed E-state index contributed by atoms with van der Waals surface area (Å²) in [4.78, 5) is 0. The number of ether oxygens (including phenoxy) is 2. The van der Waals surface area contributed by atoms with Crippen LogP contribution in [-0.2, 0) is 11.3 Å². The van der Waals surface area contributed by atoms with E-state index in [0.29, 0.717) is 6.61 Å². The number of rotatable bonds is 11. The Morgan fingerprint density at radius 1 is 1.30 bits per heavy atom. The standard InChI is InChI=1S/C17H25NO2/c1-2-11-20-17-7-4-3-6-16(17)13-18-10-5-12-19-14-15-8-9-15/h2-4,6-7,15,18H,1,5,8-14H2. The minimum absolute atomic E-state index is 0.548. The first-order valence-corrected chi connectivity index (χ1v) is 7.50. The number of hydrogen-bond donors (Lipinski definition) is 1. The Labute approximate surface area is 122 Å². The van der Waals surface area contributed by atoms with E-state index in [0.717, 1.165) is 44.4 Å². The molecule has 1 aliphatic carbocycles. The van der Waals surface area contributed by atoms with Gasteiger partial charge in [-0.3, -0.25) is 0 Å². The van der Waals surface area contributed by atoms with Crippen molar-refractivity contribution in [2.24, 2.45) is 5.92 Å². The third kappa shape index (κ3) is 5.76. The van der Waals surface area contributed by atoms with Crippen LogP contribution >= 0.6 is 0 Å². The third-order valence-corrected chi connectivity index (χ3v) is 3.34. The smallest absolute Gasteiger partial charge is 0.124 e. The van der Waals surface area contributed by atoms with Crippen LogP contribution in [0.5, 0.6) is 5.75 Å². The first-order valence-electron chi connectivity index (χ1n) is 7.50. The van der Waals surface area contributed by atoms with Gasteiger partial charge in [-0.25, -0.2) is 0 Å². The van der Waals surface area contributed by atoms with E-state index in [9.17, 15) is 0 Å². The number of nitrogens with one attached hydrogen (secondary N) is 1. The lowest BCUT2D eigenvalue weighted by atomic mass is 10.2. The Balaban J connectivity index is 1.58. The molecule has 0 atom stereocenters. The van der Waals surface area contributed by atoms with Gasteiger partial charge in [0.05, 0.1) is 0 Å². The quantitative estimate of drug-likeness (QED) is 0.497. The monoisotopic (exact) mass is 275 g/mol. The first kappa shape index (κ1) is 15.1. The van der Waals surface area contributed by atoms with Crippen molar-refractivity contribution in [3.05, 3.63) is 42.5 Å². The molecule has 0 heterocycles. The zero-order chi connectivity index (χ0) is 14.0. The van der Waals surface area contributed by atoms with Crippen LogP contribution < -0.4 is 10.1 Å². The van der Waals surface area contributed by atoms with E-state index in [1.807, 2.05) is 18.2 Å². The number of benzene rings is 1. The average Bonchev–Trinajstić information content (AvgIpc) is 3.29. The van der Waals surface area contributed by atoms with Gasteiger partial charge in [-0.05, 0) is 37.8 Å². The highest BCUT2D eigenvalue weighted by Crippen LogP contribution is 2.28. The lowest BCUT2D eigenvalue weighted by molar-refractivity contribution is 0.122. The van der Waals surface area contributed by atoms with Gasteiger partial charge in [0.15, 0.2) is 0 Å². The second-order valence-corrected chi connectivity index (χ2v) is 5.26. The van der Waals surface area contributed by atoms with E-state index in [-0.39, 0.29) is 0 Å². The van der Waals surface area contributed by atoms with Crippen molar-refractivity contribution < 1.29 is 9.47 Å². The fourth-order valence-electron chi connectivity index (χ4n) is 2.00. The maximum absolute atomic E-state index is 5.63. The second kappa shape index (κ2) is 8.77. The molecule has 0 amide bonds. The van der Waals surface area contributed by atoms with Gasteiger partial charge in [-0.2, -0.15) is 0 Å². The zero-order valence-electron chi connectivity index (χ0n) is 12.1. The van der Waals surface area contributed by atoms with E-state index < -0.39 is 0 Å². The summed E-state index contributed by atoms with van der Waals surface area (Å²) in [6.45, 7) is 7.84. The summed E-state index contributed by atoms with van der Waals surface area (Å²) in [7, 11) is 0. The Kier molecular flexibility index (Phi) is 6.61. The molecule has 0 radical (unpaired) electrons. The molecule has 0 unspecified atom stereocenters. The SMILES string of the molecule is C=CCOc1ccccc1CNCCCOCC1CC1. The Morgan fingerprint density at radius 2 is 2.15 bits per heavy atom. The van der Waals surface area contributed by atoms with Crippen molar-refractivity contribution >= 4 is 0 Å². The molecule has 1 aromatic carbocycles. The maximum atomic E-state index is 5.63. The highest BCUT2D eigenvalue weighted by molar-refractivity contribution is 5.33. The molecular formula is C17H25NO2. The summed E-state index contributed by atoms with van der Waals surface area (Å²) in [5.41, 5.74) is 1.19. The van der Waals surface area contributed by atoms with Crippen molar-refractivity contribution in [1.29, 1.82) is 0 Å². The van der Waals surface area contributed by atoms with Crippen molar-refractivity contribution in [3.8, 4) is 5.75 Å².